The van der Waals surface area contributed by atoms with Gasteiger partial charge in [0, 0.05) is 23.6 Å². The van der Waals surface area contributed by atoms with Gasteiger partial charge in [-0.25, -0.2) is 9.59 Å². The first-order valence-corrected chi connectivity index (χ1v) is 13.8. The van der Waals surface area contributed by atoms with E-state index >= 15 is 0 Å². The number of aliphatic carboxylic acids is 2. The Kier molecular flexibility index (Phi) is 9.62. The maximum atomic E-state index is 12.6. The van der Waals surface area contributed by atoms with E-state index in [0.29, 0.717) is 28.6 Å². The Morgan fingerprint density at radius 2 is 1.61 bits per heavy atom. The largest absolute Gasteiger partial charge is 0.497 e. The molecule has 216 valence electrons. The summed E-state index contributed by atoms with van der Waals surface area (Å²) < 4.78 is 5.36. The highest BCUT2D eigenvalue weighted by molar-refractivity contribution is 6.00. The Hall–Kier alpha value is -4.37. The van der Waals surface area contributed by atoms with Gasteiger partial charge in [-0.15, -0.1) is 0 Å². The van der Waals surface area contributed by atoms with Crippen LogP contribution in [0.1, 0.15) is 56.1 Å². The molecular formula is C32H37N3O6. The second-order valence-corrected chi connectivity index (χ2v) is 10.4. The number of amides is 1. The number of carbonyl (C=O) groups is 3. The number of anilines is 1. The molecule has 1 saturated heterocycles. The van der Waals surface area contributed by atoms with E-state index in [1.165, 1.54) is 11.6 Å². The number of ether oxygens (including phenoxy) is 1. The van der Waals surface area contributed by atoms with Crippen LogP contribution < -0.4 is 15.4 Å². The Balaban J connectivity index is 1.32. The van der Waals surface area contributed by atoms with Crippen LogP contribution in [-0.2, 0) is 14.4 Å². The van der Waals surface area contributed by atoms with E-state index in [1.807, 2.05) is 18.2 Å². The van der Waals surface area contributed by atoms with Gasteiger partial charge in [0.25, 0.3) is 0 Å². The predicted octanol–water partition coefficient (Wildman–Crippen LogP) is 4.86. The Morgan fingerprint density at radius 1 is 0.976 bits per heavy atom. The lowest BCUT2D eigenvalue weighted by molar-refractivity contribution is -0.133. The lowest BCUT2D eigenvalue weighted by atomic mass is 9.80. The number of nitrogens with one attached hydrogen (secondary N) is 2. The molecule has 0 aliphatic carbocycles. The maximum absolute atomic E-state index is 12.6. The third-order valence-electron chi connectivity index (χ3n) is 7.74. The molecule has 0 spiro atoms. The molecule has 4 N–H and O–H groups in total. The van der Waals surface area contributed by atoms with Crippen molar-refractivity contribution in [3.63, 3.8) is 0 Å². The van der Waals surface area contributed by atoms with Crippen LogP contribution in [0.5, 0.6) is 5.75 Å². The fourth-order valence-corrected chi connectivity index (χ4v) is 5.71. The summed E-state index contributed by atoms with van der Waals surface area (Å²) in [6.45, 7) is 6.09. The molecule has 2 aromatic rings. The van der Waals surface area contributed by atoms with Crippen LogP contribution in [0, 0.1) is 0 Å². The zero-order chi connectivity index (χ0) is 29.5. The van der Waals surface area contributed by atoms with Gasteiger partial charge < -0.3 is 30.5 Å². The van der Waals surface area contributed by atoms with Crippen LogP contribution in [0.2, 0.25) is 0 Å². The SMILES string of the molecule is COc1cccc(C2CCN(CC/C=C/C(=O)Nc3cccc(C4C(C(=O)O)=C(C)NC(C)=C4C(=O)O)c3)CC2)c1. The highest BCUT2D eigenvalue weighted by Crippen LogP contribution is 2.39. The molecule has 0 atom stereocenters. The van der Waals surface area contributed by atoms with Crippen LogP contribution >= 0.6 is 0 Å². The Labute approximate surface area is 240 Å². The number of allylic oxidation sites excluding steroid dienone is 2. The van der Waals surface area contributed by atoms with Crippen molar-refractivity contribution in [3.05, 3.63) is 94.4 Å². The number of dihydropyridines is 1. The van der Waals surface area contributed by atoms with Gasteiger partial charge in [0.05, 0.1) is 24.2 Å². The zero-order valence-electron chi connectivity index (χ0n) is 23.6. The van der Waals surface area contributed by atoms with Crippen LogP contribution in [-0.4, -0.2) is 59.7 Å². The van der Waals surface area contributed by atoms with Gasteiger partial charge >= 0.3 is 11.9 Å². The molecule has 0 radical (unpaired) electrons. The molecule has 2 aliphatic rings. The van der Waals surface area contributed by atoms with Gasteiger partial charge in [-0.1, -0.05) is 30.3 Å². The number of methoxy groups -OCH3 is 1. The molecule has 4 rings (SSSR count). The highest BCUT2D eigenvalue weighted by Gasteiger charge is 2.36. The molecular weight excluding hydrogens is 522 g/mol. The quantitative estimate of drug-likeness (QED) is 0.304. The normalized spacial score (nSPS) is 17.0. The van der Waals surface area contributed by atoms with E-state index < -0.39 is 17.9 Å². The summed E-state index contributed by atoms with van der Waals surface area (Å²) in [4.78, 5) is 39.1. The fraction of sp³-hybridized carbons (Fsp3) is 0.344. The molecule has 1 fully saturated rings. The van der Waals surface area contributed by atoms with Gasteiger partial charge in [-0.3, -0.25) is 4.79 Å². The summed E-state index contributed by atoms with van der Waals surface area (Å²) in [5, 5.41) is 25.4. The Bertz CT molecular complexity index is 1370. The van der Waals surface area contributed by atoms with Crippen molar-refractivity contribution in [2.75, 3.05) is 32.1 Å². The molecule has 0 unspecified atom stereocenters. The average molecular weight is 560 g/mol. The van der Waals surface area contributed by atoms with Gasteiger partial charge in [0.1, 0.15) is 5.75 Å². The second-order valence-electron chi connectivity index (χ2n) is 10.4. The van der Waals surface area contributed by atoms with Crippen LogP contribution in [0.4, 0.5) is 5.69 Å². The first-order valence-electron chi connectivity index (χ1n) is 13.8. The molecule has 2 aromatic carbocycles. The number of hydrogen-bond acceptors (Lipinski definition) is 6. The second kappa shape index (κ2) is 13.3. The minimum atomic E-state index is -1.20. The van der Waals surface area contributed by atoms with E-state index in [1.54, 1.807) is 45.2 Å². The lowest BCUT2D eigenvalue weighted by Gasteiger charge is -2.32. The molecule has 1 amide bonds. The van der Waals surface area contributed by atoms with E-state index in [0.717, 1.165) is 44.6 Å². The van der Waals surface area contributed by atoms with Gasteiger partial charge in [0.15, 0.2) is 0 Å². The number of carboxylic acid groups (broad SMARTS) is 2. The summed E-state index contributed by atoms with van der Waals surface area (Å²) in [7, 11) is 1.69. The van der Waals surface area contributed by atoms with Crippen molar-refractivity contribution in [2.45, 2.75) is 44.9 Å². The van der Waals surface area contributed by atoms with Crippen molar-refractivity contribution < 1.29 is 29.3 Å². The number of piperidine rings is 1. The highest BCUT2D eigenvalue weighted by atomic mass is 16.5. The van der Waals surface area contributed by atoms with Crippen molar-refractivity contribution in [1.82, 2.24) is 10.2 Å². The summed E-state index contributed by atoms with van der Waals surface area (Å²) in [6.07, 6.45) is 6.26. The number of carboxylic acids is 2. The predicted molar refractivity (Wildman–Crippen MR) is 157 cm³/mol. The number of likely N-dealkylation sites (tertiary alicyclic amines) is 1. The van der Waals surface area contributed by atoms with E-state index in [-0.39, 0.29) is 17.1 Å². The number of nitrogens with zero attached hydrogens (tertiary/aromatic N) is 1. The third-order valence-corrected chi connectivity index (χ3v) is 7.74. The summed E-state index contributed by atoms with van der Waals surface area (Å²) in [5.74, 6) is -2.27. The lowest BCUT2D eigenvalue weighted by Crippen LogP contribution is -2.33. The van der Waals surface area contributed by atoms with E-state index in [2.05, 4.69) is 27.7 Å². The van der Waals surface area contributed by atoms with Crippen molar-refractivity contribution in [3.8, 4) is 5.75 Å². The van der Waals surface area contributed by atoms with Crippen molar-refractivity contribution in [1.29, 1.82) is 0 Å². The molecule has 2 heterocycles. The molecule has 0 aromatic heterocycles. The first kappa shape index (κ1) is 29.6. The molecule has 0 bridgehead atoms. The average Bonchev–Trinajstić information content (AvgIpc) is 2.95. The molecule has 2 aliphatic heterocycles. The fourth-order valence-electron chi connectivity index (χ4n) is 5.71. The van der Waals surface area contributed by atoms with E-state index in [9.17, 15) is 24.6 Å². The zero-order valence-corrected chi connectivity index (χ0v) is 23.6. The Morgan fingerprint density at radius 3 is 2.24 bits per heavy atom. The minimum absolute atomic E-state index is 0.0381. The third kappa shape index (κ3) is 7.24. The van der Waals surface area contributed by atoms with Gasteiger partial charge in [-0.05, 0) is 93.6 Å². The van der Waals surface area contributed by atoms with E-state index in [4.69, 9.17) is 4.74 Å². The first-order chi connectivity index (χ1) is 19.7. The summed E-state index contributed by atoms with van der Waals surface area (Å²) in [6, 6.07) is 15.0. The monoisotopic (exact) mass is 559 g/mol. The number of rotatable bonds is 10. The minimum Gasteiger partial charge on any atom is -0.497 e. The smallest absolute Gasteiger partial charge is 0.334 e. The van der Waals surface area contributed by atoms with Crippen LogP contribution in [0.3, 0.4) is 0 Å². The summed E-state index contributed by atoms with van der Waals surface area (Å²) >= 11 is 0. The summed E-state index contributed by atoms with van der Waals surface area (Å²) in [5.41, 5.74) is 2.94. The number of carbonyl (C=O) groups excluding carboxylic acids is 1. The number of benzene rings is 2. The molecule has 9 heteroatoms. The molecule has 0 saturated carbocycles. The molecule has 41 heavy (non-hydrogen) atoms. The van der Waals surface area contributed by atoms with Gasteiger partial charge in [0.2, 0.25) is 5.91 Å². The van der Waals surface area contributed by atoms with Crippen molar-refractivity contribution >= 4 is 23.5 Å². The molecule has 9 nitrogen and oxygen atoms in total. The number of hydrogen-bond donors (Lipinski definition) is 4. The van der Waals surface area contributed by atoms with Gasteiger partial charge in [-0.2, -0.15) is 0 Å². The van der Waals surface area contributed by atoms with Crippen LogP contribution in [0.15, 0.2) is 83.2 Å². The maximum Gasteiger partial charge on any atom is 0.334 e. The van der Waals surface area contributed by atoms with Crippen molar-refractivity contribution in [2.24, 2.45) is 0 Å². The topological polar surface area (TPSA) is 128 Å². The van der Waals surface area contributed by atoms with Crippen LogP contribution in [0.25, 0.3) is 0 Å². The standard InChI is InChI=1S/C32H37N3O6/c1-20-28(31(37)38)30(29(32(39)40)21(2)33-20)24-9-6-10-25(18-24)34-27(36)12-4-5-15-35-16-13-22(14-17-35)23-8-7-11-26(19-23)41-3/h4,6-12,18-19,22,30,33H,5,13-17H2,1-3H3,(H,34,36)(H,37,38)(H,39,40)/b12-4+.